The molecule has 0 unspecified atom stereocenters. The molecule has 168 valence electrons. The van der Waals surface area contributed by atoms with Crippen LogP contribution in [0.25, 0.3) is 21.5 Å². The van der Waals surface area contributed by atoms with Gasteiger partial charge in [-0.25, -0.2) is 8.77 Å². The number of hydrogen-bond donors (Lipinski definition) is 1. The van der Waals surface area contributed by atoms with Crippen LogP contribution in [-0.4, -0.2) is 39.9 Å². The molecular formula is C19H14F3N3O5S2. The largest absolute Gasteiger partial charge is 0.482 e. The maximum atomic E-state index is 13.1. The van der Waals surface area contributed by atoms with Gasteiger partial charge in [0.1, 0.15) is 21.3 Å². The molecule has 0 aliphatic heterocycles. The van der Waals surface area contributed by atoms with Crippen molar-refractivity contribution in [2.24, 2.45) is 7.05 Å². The van der Waals surface area contributed by atoms with E-state index in [1.54, 1.807) is 0 Å². The molecule has 1 aromatic carbocycles. The maximum absolute atomic E-state index is 13.1. The van der Waals surface area contributed by atoms with E-state index in [0.29, 0.717) is 15.6 Å². The standard InChI is InChI=1S/C19H14F3N3O5S2/c1-24-16(19(20,21)22)9-13(23-24)15-4-5-18(31-15)32(28,29)25-7-6-11-8-12(2-3-14(11)25)30-10-17(26)27/h2-9H,10H2,1H3,(H,26,27). The Bertz CT molecular complexity index is 1430. The number of alkyl halides is 3. The number of fused-ring (bicyclic) bond motifs is 1. The first kappa shape index (κ1) is 21.9. The second-order valence-corrected chi connectivity index (χ2v) is 9.80. The molecule has 13 heteroatoms. The number of carboxylic acids is 1. The Morgan fingerprint density at radius 3 is 2.59 bits per heavy atom. The minimum atomic E-state index is -4.58. The topological polar surface area (TPSA) is 103 Å². The number of aliphatic carboxylic acids is 1. The van der Waals surface area contributed by atoms with Gasteiger partial charge in [-0.15, -0.1) is 11.3 Å². The van der Waals surface area contributed by atoms with E-state index in [1.165, 1.54) is 42.6 Å². The van der Waals surface area contributed by atoms with Crippen molar-refractivity contribution in [3.8, 4) is 16.3 Å². The number of aryl methyl sites for hydroxylation is 1. The quantitative estimate of drug-likeness (QED) is 0.445. The highest BCUT2D eigenvalue weighted by atomic mass is 32.2. The van der Waals surface area contributed by atoms with Crippen LogP contribution in [0.4, 0.5) is 13.2 Å². The summed E-state index contributed by atoms with van der Waals surface area (Å²) < 4.78 is 72.1. The van der Waals surface area contributed by atoms with Crippen molar-refractivity contribution in [2.45, 2.75) is 10.4 Å². The third kappa shape index (κ3) is 3.96. The predicted octanol–water partition coefficient (Wildman–Crippen LogP) is 3.82. The van der Waals surface area contributed by atoms with Crippen molar-refractivity contribution in [2.75, 3.05) is 6.61 Å². The Hall–Kier alpha value is -3.32. The van der Waals surface area contributed by atoms with Crippen molar-refractivity contribution in [1.82, 2.24) is 13.8 Å². The van der Waals surface area contributed by atoms with E-state index in [1.807, 2.05) is 0 Å². The number of hydrogen-bond acceptors (Lipinski definition) is 6. The lowest BCUT2D eigenvalue weighted by molar-refractivity contribution is -0.143. The molecule has 3 heterocycles. The second-order valence-electron chi connectivity index (χ2n) is 6.67. The molecule has 0 spiro atoms. The summed E-state index contributed by atoms with van der Waals surface area (Å²) in [5.74, 6) is -0.877. The molecule has 0 fully saturated rings. The summed E-state index contributed by atoms with van der Waals surface area (Å²) in [5.41, 5.74) is -0.591. The van der Waals surface area contributed by atoms with E-state index < -0.39 is 34.5 Å². The van der Waals surface area contributed by atoms with Crippen molar-refractivity contribution in [1.29, 1.82) is 0 Å². The fourth-order valence-corrected chi connectivity index (χ4v) is 5.79. The zero-order valence-corrected chi connectivity index (χ0v) is 17.8. The molecule has 8 nitrogen and oxygen atoms in total. The summed E-state index contributed by atoms with van der Waals surface area (Å²) in [6, 6.07) is 9.56. The number of carboxylic acid groups (broad SMARTS) is 1. The molecule has 1 N–H and O–H groups in total. The Morgan fingerprint density at radius 2 is 1.94 bits per heavy atom. The highest BCUT2D eigenvalue weighted by molar-refractivity contribution is 7.92. The second kappa shape index (κ2) is 7.67. The van der Waals surface area contributed by atoms with Gasteiger partial charge in [0.05, 0.1) is 10.4 Å². The number of ether oxygens (including phenoxy) is 1. The average Bonchev–Trinajstić information content (AvgIpc) is 3.43. The van der Waals surface area contributed by atoms with Crippen LogP contribution in [0.2, 0.25) is 0 Å². The summed E-state index contributed by atoms with van der Waals surface area (Å²) in [4.78, 5) is 10.9. The first-order chi connectivity index (χ1) is 15.0. The fraction of sp³-hybridized carbons (Fsp3) is 0.158. The fourth-order valence-electron chi connectivity index (χ4n) is 3.09. The van der Waals surface area contributed by atoms with Gasteiger partial charge < -0.3 is 9.84 Å². The zero-order valence-electron chi connectivity index (χ0n) is 16.2. The molecule has 3 aromatic heterocycles. The van der Waals surface area contributed by atoms with E-state index in [9.17, 15) is 26.4 Å². The number of halogens is 3. The van der Waals surface area contributed by atoms with Crippen LogP contribution < -0.4 is 4.74 Å². The molecule has 4 aromatic rings. The van der Waals surface area contributed by atoms with Gasteiger partial charge in [0, 0.05) is 18.6 Å². The average molecular weight is 485 g/mol. The Kier molecular flexibility index (Phi) is 5.25. The van der Waals surface area contributed by atoms with Crippen molar-refractivity contribution < 1.29 is 36.2 Å². The van der Waals surface area contributed by atoms with Crippen molar-refractivity contribution in [3.63, 3.8) is 0 Å². The summed E-state index contributed by atoms with van der Waals surface area (Å²) in [6.45, 7) is -0.536. The molecule has 0 amide bonds. The van der Waals surface area contributed by atoms with Crippen molar-refractivity contribution in [3.05, 3.63) is 54.4 Å². The number of nitrogens with zero attached hydrogens (tertiary/aromatic N) is 3. The Morgan fingerprint density at radius 1 is 1.19 bits per heavy atom. The minimum Gasteiger partial charge on any atom is -0.482 e. The monoisotopic (exact) mass is 485 g/mol. The number of aromatic nitrogens is 3. The van der Waals surface area contributed by atoms with Gasteiger partial charge in [-0.05, 0) is 42.5 Å². The lowest BCUT2D eigenvalue weighted by atomic mass is 10.2. The minimum absolute atomic E-state index is 0.0175. The van der Waals surface area contributed by atoms with E-state index in [4.69, 9.17) is 9.84 Å². The van der Waals surface area contributed by atoms with E-state index in [0.717, 1.165) is 28.4 Å². The third-order valence-electron chi connectivity index (χ3n) is 4.51. The normalized spacial score (nSPS) is 12.4. The first-order valence-corrected chi connectivity index (χ1v) is 11.2. The number of rotatable bonds is 6. The summed E-state index contributed by atoms with van der Waals surface area (Å²) in [5, 5.41) is 13.0. The smallest absolute Gasteiger partial charge is 0.433 e. The molecule has 0 bridgehead atoms. The molecule has 0 saturated heterocycles. The predicted molar refractivity (Wildman–Crippen MR) is 109 cm³/mol. The summed E-state index contributed by atoms with van der Waals surface area (Å²) in [7, 11) is -2.87. The number of thiophene rings is 1. The van der Waals surface area contributed by atoms with Gasteiger partial charge in [0.15, 0.2) is 6.61 Å². The molecular weight excluding hydrogens is 471 g/mol. The molecule has 0 saturated carbocycles. The zero-order chi connectivity index (χ0) is 23.3. The lowest BCUT2D eigenvalue weighted by Gasteiger charge is -2.07. The van der Waals surface area contributed by atoms with Gasteiger partial charge in [0.2, 0.25) is 0 Å². The van der Waals surface area contributed by atoms with Gasteiger partial charge in [-0.1, -0.05) is 0 Å². The Labute approximate surface area is 183 Å². The molecule has 0 atom stereocenters. The van der Waals surface area contributed by atoms with Gasteiger partial charge >= 0.3 is 12.1 Å². The van der Waals surface area contributed by atoms with E-state index in [-0.39, 0.29) is 20.5 Å². The molecule has 0 aliphatic rings. The van der Waals surface area contributed by atoms with Crippen LogP contribution in [0.3, 0.4) is 0 Å². The van der Waals surface area contributed by atoms with E-state index in [2.05, 4.69) is 5.10 Å². The van der Waals surface area contributed by atoms with Crippen LogP contribution in [0.5, 0.6) is 5.75 Å². The molecule has 4 rings (SSSR count). The third-order valence-corrected chi connectivity index (χ3v) is 7.77. The van der Waals surface area contributed by atoms with E-state index >= 15 is 0 Å². The van der Waals surface area contributed by atoms with Crippen LogP contribution in [-0.2, 0) is 28.0 Å². The van der Waals surface area contributed by atoms with Crippen LogP contribution >= 0.6 is 11.3 Å². The molecule has 0 radical (unpaired) electrons. The van der Waals surface area contributed by atoms with Gasteiger partial charge in [-0.3, -0.25) is 4.68 Å². The molecule has 0 aliphatic carbocycles. The molecule has 32 heavy (non-hydrogen) atoms. The van der Waals surface area contributed by atoms with Crippen molar-refractivity contribution >= 4 is 38.2 Å². The lowest BCUT2D eigenvalue weighted by Crippen LogP contribution is -2.11. The number of benzene rings is 1. The van der Waals surface area contributed by atoms with Crippen LogP contribution in [0, 0.1) is 0 Å². The SMILES string of the molecule is Cn1nc(-c2ccc(S(=O)(=O)n3ccc4cc(OCC(=O)O)ccc43)s2)cc1C(F)(F)F. The maximum Gasteiger partial charge on any atom is 0.433 e. The highest BCUT2D eigenvalue weighted by Gasteiger charge is 2.35. The highest BCUT2D eigenvalue weighted by Crippen LogP contribution is 2.36. The van der Waals surface area contributed by atoms with Gasteiger partial charge in [0.25, 0.3) is 10.0 Å². The van der Waals surface area contributed by atoms with Gasteiger partial charge in [-0.2, -0.15) is 26.7 Å². The van der Waals surface area contributed by atoms with Crippen LogP contribution in [0.15, 0.2) is 52.9 Å². The number of carbonyl (C=O) groups is 1. The Balaban J connectivity index is 1.67. The first-order valence-electron chi connectivity index (χ1n) is 8.89. The summed E-state index contributed by atoms with van der Waals surface area (Å²) in [6.07, 6.45) is -3.24. The van der Waals surface area contributed by atoms with Crippen LogP contribution in [0.1, 0.15) is 5.69 Å². The summed E-state index contributed by atoms with van der Waals surface area (Å²) >= 11 is 0.805.